The molecule has 6 heteroatoms. The molecular weight excluding hydrogens is 356 g/mol. The van der Waals surface area contributed by atoms with Crippen molar-refractivity contribution in [1.82, 2.24) is 5.43 Å². The van der Waals surface area contributed by atoms with Gasteiger partial charge in [-0.25, -0.2) is 5.43 Å². The number of carbonyl (C=O) groups excluding carboxylic acids is 1. The third kappa shape index (κ3) is 4.88. The number of benzene rings is 2. The predicted octanol–water partition coefficient (Wildman–Crippen LogP) is 3.63. The van der Waals surface area contributed by atoms with Gasteiger partial charge in [-0.05, 0) is 34.1 Å². The molecule has 0 aliphatic heterocycles. The molecule has 4 nitrogen and oxygen atoms in total. The van der Waals surface area contributed by atoms with Crippen LogP contribution in [-0.4, -0.2) is 18.7 Å². The fourth-order valence-corrected chi connectivity index (χ4v) is 2.07. The topological polar surface area (TPSA) is 50.7 Å². The molecule has 0 atom stereocenters. The van der Waals surface area contributed by atoms with Gasteiger partial charge >= 0.3 is 0 Å². The minimum atomic E-state index is -0.353. The number of ether oxygens (including phenoxy) is 1. The third-order valence-electron chi connectivity index (χ3n) is 2.49. The van der Waals surface area contributed by atoms with Crippen LogP contribution in [-0.2, 0) is 4.79 Å². The van der Waals surface area contributed by atoms with Gasteiger partial charge in [-0.15, -0.1) is 0 Å². The van der Waals surface area contributed by atoms with Crippen molar-refractivity contribution < 1.29 is 9.53 Å². The summed E-state index contributed by atoms with van der Waals surface area (Å²) in [5, 5.41) is 4.41. The lowest BCUT2D eigenvalue weighted by Crippen LogP contribution is -2.24. The lowest BCUT2D eigenvalue weighted by molar-refractivity contribution is -0.123. The average Bonchev–Trinajstić information content (AvgIpc) is 2.48. The highest BCUT2D eigenvalue weighted by atomic mass is 79.9. The van der Waals surface area contributed by atoms with E-state index in [0.717, 1.165) is 10.0 Å². The second-order valence-corrected chi connectivity index (χ2v) is 5.30. The molecule has 0 fully saturated rings. The van der Waals surface area contributed by atoms with E-state index in [1.807, 2.05) is 30.3 Å². The zero-order valence-electron chi connectivity index (χ0n) is 10.9. The largest absolute Gasteiger partial charge is 0.483 e. The Bertz CT molecular complexity index is 662. The molecule has 21 heavy (non-hydrogen) atoms. The number of amides is 1. The van der Waals surface area contributed by atoms with Crippen LogP contribution in [0.1, 0.15) is 5.56 Å². The van der Waals surface area contributed by atoms with Gasteiger partial charge in [0, 0.05) is 10.6 Å². The summed E-state index contributed by atoms with van der Waals surface area (Å²) in [6.45, 7) is -0.123. The average molecular weight is 368 g/mol. The SMILES string of the molecule is O=C(COc1ccccc1Br)N/N=C\c1ccccc1Cl. The van der Waals surface area contributed by atoms with Crippen molar-refractivity contribution in [3.63, 3.8) is 0 Å². The molecule has 1 N–H and O–H groups in total. The molecule has 0 unspecified atom stereocenters. The summed E-state index contributed by atoms with van der Waals surface area (Å²) in [7, 11) is 0. The maximum absolute atomic E-state index is 11.6. The van der Waals surface area contributed by atoms with Crippen LogP contribution in [0.4, 0.5) is 0 Å². The van der Waals surface area contributed by atoms with Gasteiger partial charge in [0.05, 0.1) is 10.7 Å². The number of nitrogens with zero attached hydrogens (tertiary/aromatic N) is 1. The number of hydrogen-bond donors (Lipinski definition) is 1. The number of halogens is 2. The van der Waals surface area contributed by atoms with Crippen LogP contribution < -0.4 is 10.2 Å². The summed E-state index contributed by atoms with van der Waals surface area (Å²) in [6, 6.07) is 14.5. The predicted molar refractivity (Wildman–Crippen MR) is 86.8 cm³/mol. The first-order valence-electron chi connectivity index (χ1n) is 6.10. The number of carbonyl (C=O) groups is 1. The Morgan fingerprint density at radius 2 is 1.95 bits per heavy atom. The van der Waals surface area contributed by atoms with Crippen LogP contribution in [0.3, 0.4) is 0 Å². The van der Waals surface area contributed by atoms with E-state index in [-0.39, 0.29) is 12.5 Å². The second kappa shape index (κ2) is 7.81. The quantitative estimate of drug-likeness (QED) is 0.648. The number of para-hydroxylation sites is 1. The van der Waals surface area contributed by atoms with Crippen molar-refractivity contribution in [2.24, 2.45) is 5.10 Å². The van der Waals surface area contributed by atoms with E-state index in [1.165, 1.54) is 6.21 Å². The minimum Gasteiger partial charge on any atom is -0.483 e. The van der Waals surface area contributed by atoms with E-state index in [9.17, 15) is 4.79 Å². The van der Waals surface area contributed by atoms with E-state index < -0.39 is 0 Å². The third-order valence-corrected chi connectivity index (χ3v) is 3.49. The van der Waals surface area contributed by atoms with Crippen LogP contribution in [0.2, 0.25) is 5.02 Å². The van der Waals surface area contributed by atoms with Gasteiger partial charge < -0.3 is 4.74 Å². The van der Waals surface area contributed by atoms with Crippen molar-refractivity contribution in [3.8, 4) is 5.75 Å². The maximum Gasteiger partial charge on any atom is 0.277 e. The molecule has 0 spiro atoms. The maximum atomic E-state index is 11.6. The van der Waals surface area contributed by atoms with Gasteiger partial charge in [-0.1, -0.05) is 41.9 Å². The van der Waals surface area contributed by atoms with Crippen molar-refractivity contribution in [1.29, 1.82) is 0 Å². The number of nitrogens with one attached hydrogen (secondary N) is 1. The Balaban J connectivity index is 1.83. The van der Waals surface area contributed by atoms with Gasteiger partial charge in [0.1, 0.15) is 5.75 Å². The molecule has 108 valence electrons. The van der Waals surface area contributed by atoms with Gasteiger partial charge in [0.2, 0.25) is 0 Å². The van der Waals surface area contributed by atoms with Gasteiger partial charge in [0.25, 0.3) is 5.91 Å². The fraction of sp³-hybridized carbons (Fsp3) is 0.0667. The van der Waals surface area contributed by atoms with Crippen LogP contribution in [0, 0.1) is 0 Å². The molecule has 0 saturated heterocycles. The molecule has 0 bridgehead atoms. The van der Waals surface area contributed by atoms with Crippen molar-refractivity contribution in [3.05, 3.63) is 63.6 Å². The van der Waals surface area contributed by atoms with E-state index in [2.05, 4.69) is 26.5 Å². The molecule has 2 aromatic rings. The van der Waals surface area contributed by atoms with Crippen LogP contribution in [0.5, 0.6) is 5.75 Å². The normalized spacial score (nSPS) is 10.6. The Morgan fingerprint density at radius 1 is 1.24 bits per heavy atom. The molecule has 0 aromatic heterocycles. The molecule has 2 aromatic carbocycles. The fourth-order valence-electron chi connectivity index (χ4n) is 1.49. The molecule has 2 rings (SSSR count). The van der Waals surface area contributed by atoms with Crippen molar-refractivity contribution >= 4 is 39.7 Å². The molecule has 0 aliphatic rings. The standard InChI is InChI=1S/C15H12BrClN2O2/c16-12-6-2-4-8-14(12)21-10-15(20)19-18-9-11-5-1-3-7-13(11)17/h1-9H,10H2,(H,19,20)/b18-9-. The molecule has 0 saturated carbocycles. The second-order valence-electron chi connectivity index (χ2n) is 4.03. The van der Waals surface area contributed by atoms with Crippen LogP contribution in [0.15, 0.2) is 58.1 Å². The first-order chi connectivity index (χ1) is 10.2. The smallest absolute Gasteiger partial charge is 0.277 e. The molecule has 1 amide bonds. The summed E-state index contributed by atoms with van der Waals surface area (Å²) in [5.74, 6) is 0.247. The summed E-state index contributed by atoms with van der Waals surface area (Å²) >= 11 is 9.30. The monoisotopic (exact) mass is 366 g/mol. The first kappa shape index (κ1) is 15.5. The van der Waals surface area contributed by atoms with Gasteiger partial charge in [-0.2, -0.15) is 5.10 Å². The Labute approximate surface area is 135 Å². The molecular formula is C15H12BrClN2O2. The molecule has 0 heterocycles. The summed E-state index contributed by atoms with van der Waals surface area (Å²) in [5.41, 5.74) is 3.11. The minimum absolute atomic E-state index is 0.123. The highest BCUT2D eigenvalue weighted by Crippen LogP contribution is 2.23. The summed E-state index contributed by atoms with van der Waals surface area (Å²) in [4.78, 5) is 11.6. The van der Waals surface area contributed by atoms with E-state index in [4.69, 9.17) is 16.3 Å². The Kier molecular flexibility index (Phi) is 5.78. The summed E-state index contributed by atoms with van der Waals surface area (Å²) in [6.07, 6.45) is 1.48. The molecule has 0 aliphatic carbocycles. The van der Waals surface area contributed by atoms with Gasteiger partial charge in [-0.3, -0.25) is 4.79 Å². The van der Waals surface area contributed by atoms with Crippen LogP contribution in [0.25, 0.3) is 0 Å². The van der Waals surface area contributed by atoms with E-state index >= 15 is 0 Å². The van der Waals surface area contributed by atoms with Crippen molar-refractivity contribution in [2.75, 3.05) is 6.61 Å². The van der Waals surface area contributed by atoms with E-state index in [1.54, 1.807) is 18.2 Å². The van der Waals surface area contributed by atoms with E-state index in [0.29, 0.717) is 10.8 Å². The lowest BCUT2D eigenvalue weighted by Gasteiger charge is -2.06. The first-order valence-corrected chi connectivity index (χ1v) is 7.27. The number of rotatable bonds is 5. The Morgan fingerprint density at radius 3 is 2.71 bits per heavy atom. The Hall–Kier alpha value is -1.85. The summed E-state index contributed by atoms with van der Waals surface area (Å²) < 4.78 is 6.16. The number of hydrazone groups is 1. The lowest BCUT2D eigenvalue weighted by atomic mass is 10.2. The zero-order chi connectivity index (χ0) is 15.1. The molecule has 0 radical (unpaired) electrons. The highest BCUT2D eigenvalue weighted by Gasteiger charge is 2.04. The highest BCUT2D eigenvalue weighted by molar-refractivity contribution is 9.10. The number of hydrogen-bond acceptors (Lipinski definition) is 3. The zero-order valence-corrected chi connectivity index (χ0v) is 13.3. The van der Waals surface area contributed by atoms with Crippen LogP contribution >= 0.6 is 27.5 Å². The van der Waals surface area contributed by atoms with Gasteiger partial charge in [0.15, 0.2) is 6.61 Å². The van der Waals surface area contributed by atoms with Crippen molar-refractivity contribution in [2.45, 2.75) is 0 Å².